The minimum Gasteiger partial charge on any atom is -0.348 e. The Kier molecular flexibility index (Phi) is 5.43. The number of hydrogen-bond acceptors (Lipinski definition) is 3. The molecule has 26 heavy (non-hydrogen) atoms. The zero-order valence-corrected chi connectivity index (χ0v) is 14.2. The molecule has 0 spiro atoms. The molecule has 1 aromatic heterocycles. The van der Waals surface area contributed by atoms with Gasteiger partial charge in [0, 0.05) is 23.8 Å². The molecule has 7 heteroatoms. The van der Waals surface area contributed by atoms with Gasteiger partial charge in [-0.05, 0) is 42.0 Å². The first-order valence-electron chi connectivity index (χ1n) is 7.72. The van der Waals surface area contributed by atoms with E-state index in [9.17, 15) is 13.6 Å². The zero-order chi connectivity index (χ0) is 18.5. The van der Waals surface area contributed by atoms with Crippen LogP contribution in [-0.4, -0.2) is 10.9 Å². The Bertz CT molecular complexity index is 915. The van der Waals surface area contributed by atoms with Crippen LogP contribution in [0.1, 0.15) is 15.9 Å². The van der Waals surface area contributed by atoms with Gasteiger partial charge >= 0.3 is 0 Å². The Morgan fingerprint density at radius 2 is 1.81 bits per heavy atom. The number of anilines is 2. The normalized spacial score (nSPS) is 10.4. The largest absolute Gasteiger partial charge is 0.348 e. The van der Waals surface area contributed by atoms with E-state index < -0.39 is 11.6 Å². The van der Waals surface area contributed by atoms with E-state index in [1.54, 1.807) is 24.3 Å². The van der Waals surface area contributed by atoms with Crippen LogP contribution in [0.2, 0.25) is 5.02 Å². The summed E-state index contributed by atoms with van der Waals surface area (Å²) in [6.07, 6.45) is 1.38. The number of pyridine rings is 1. The van der Waals surface area contributed by atoms with Crippen molar-refractivity contribution in [3.05, 3.63) is 88.6 Å². The highest BCUT2D eigenvalue weighted by atomic mass is 35.5. The number of aromatic nitrogens is 1. The van der Waals surface area contributed by atoms with Gasteiger partial charge in [-0.1, -0.05) is 23.7 Å². The summed E-state index contributed by atoms with van der Waals surface area (Å²) in [6, 6.07) is 13.5. The molecule has 3 aromatic rings. The van der Waals surface area contributed by atoms with Crippen LogP contribution >= 0.6 is 11.6 Å². The molecule has 0 aliphatic heterocycles. The Labute approximate surface area is 153 Å². The molecule has 3 rings (SSSR count). The van der Waals surface area contributed by atoms with Crippen molar-refractivity contribution < 1.29 is 13.6 Å². The van der Waals surface area contributed by atoms with E-state index in [0.29, 0.717) is 22.9 Å². The van der Waals surface area contributed by atoms with E-state index in [1.165, 1.54) is 12.3 Å². The molecule has 0 aliphatic rings. The molecular formula is C19H14ClF2N3O. The Morgan fingerprint density at radius 3 is 2.46 bits per heavy atom. The lowest BCUT2D eigenvalue weighted by molar-refractivity contribution is 0.0950. The lowest BCUT2D eigenvalue weighted by Crippen LogP contribution is -2.22. The van der Waals surface area contributed by atoms with Crippen molar-refractivity contribution in [1.82, 2.24) is 10.3 Å². The van der Waals surface area contributed by atoms with Crippen LogP contribution < -0.4 is 10.6 Å². The van der Waals surface area contributed by atoms with Gasteiger partial charge in [-0.15, -0.1) is 0 Å². The van der Waals surface area contributed by atoms with Crippen LogP contribution in [0.15, 0.2) is 60.8 Å². The number of benzene rings is 2. The summed E-state index contributed by atoms with van der Waals surface area (Å²) in [5.74, 6) is -1.33. The summed E-state index contributed by atoms with van der Waals surface area (Å²) in [6.45, 7) is 0.358. The maximum absolute atomic E-state index is 13.6. The average molecular weight is 374 g/mol. The second-order valence-corrected chi connectivity index (χ2v) is 5.93. The molecule has 0 saturated carbocycles. The van der Waals surface area contributed by atoms with Crippen molar-refractivity contribution in [3.63, 3.8) is 0 Å². The topological polar surface area (TPSA) is 54.0 Å². The molecule has 0 saturated heterocycles. The third-order valence-electron chi connectivity index (χ3n) is 3.59. The summed E-state index contributed by atoms with van der Waals surface area (Å²) >= 11 is 5.82. The van der Waals surface area contributed by atoms with E-state index in [-0.39, 0.29) is 11.6 Å². The molecule has 132 valence electrons. The fraction of sp³-hybridized carbons (Fsp3) is 0.0526. The van der Waals surface area contributed by atoms with Crippen molar-refractivity contribution in [2.45, 2.75) is 6.54 Å². The SMILES string of the molecule is O=C(NCc1ccc(Cl)cc1)c1ccc(Nc2ccc(F)cc2F)nc1. The van der Waals surface area contributed by atoms with Crippen LogP contribution in [0.3, 0.4) is 0 Å². The second-order valence-electron chi connectivity index (χ2n) is 5.49. The van der Waals surface area contributed by atoms with Gasteiger partial charge in [-0.3, -0.25) is 4.79 Å². The van der Waals surface area contributed by atoms with Gasteiger partial charge in [0.25, 0.3) is 5.91 Å². The number of nitrogens with one attached hydrogen (secondary N) is 2. The minimum atomic E-state index is -0.725. The Balaban J connectivity index is 1.61. The van der Waals surface area contributed by atoms with E-state index in [2.05, 4.69) is 15.6 Å². The Hall–Kier alpha value is -2.99. The van der Waals surface area contributed by atoms with Gasteiger partial charge < -0.3 is 10.6 Å². The molecule has 2 N–H and O–H groups in total. The minimum absolute atomic E-state index is 0.0961. The summed E-state index contributed by atoms with van der Waals surface area (Å²) in [7, 11) is 0. The first-order chi connectivity index (χ1) is 12.5. The monoisotopic (exact) mass is 373 g/mol. The number of carbonyl (C=O) groups is 1. The van der Waals surface area contributed by atoms with Gasteiger partial charge in [-0.25, -0.2) is 13.8 Å². The van der Waals surface area contributed by atoms with Gasteiger partial charge in [0.1, 0.15) is 17.5 Å². The van der Waals surface area contributed by atoms with Gasteiger partial charge in [0.05, 0.1) is 11.3 Å². The summed E-state index contributed by atoms with van der Waals surface area (Å²) < 4.78 is 26.5. The molecule has 0 bridgehead atoms. The van der Waals surface area contributed by atoms with Crippen molar-refractivity contribution >= 4 is 29.0 Å². The lowest BCUT2D eigenvalue weighted by atomic mass is 10.2. The van der Waals surface area contributed by atoms with Crippen molar-refractivity contribution in [2.75, 3.05) is 5.32 Å². The molecule has 0 unspecified atom stereocenters. The van der Waals surface area contributed by atoms with Crippen LogP contribution in [0, 0.1) is 11.6 Å². The highest BCUT2D eigenvalue weighted by Crippen LogP contribution is 2.19. The van der Waals surface area contributed by atoms with Crippen LogP contribution in [0.4, 0.5) is 20.3 Å². The van der Waals surface area contributed by atoms with Gasteiger partial charge in [-0.2, -0.15) is 0 Å². The van der Waals surface area contributed by atoms with Crippen LogP contribution in [0.5, 0.6) is 0 Å². The van der Waals surface area contributed by atoms with E-state index >= 15 is 0 Å². The average Bonchev–Trinajstić information content (AvgIpc) is 2.64. The molecule has 1 amide bonds. The summed E-state index contributed by atoms with van der Waals surface area (Å²) in [5.41, 5.74) is 1.38. The molecule has 0 radical (unpaired) electrons. The number of nitrogens with zero attached hydrogens (tertiary/aromatic N) is 1. The van der Waals surface area contributed by atoms with E-state index in [1.807, 2.05) is 12.1 Å². The quantitative estimate of drug-likeness (QED) is 0.682. The fourth-order valence-electron chi connectivity index (χ4n) is 2.22. The molecule has 0 aliphatic carbocycles. The molecule has 0 atom stereocenters. The lowest BCUT2D eigenvalue weighted by Gasteiger charge is -2.08. The number of hydrogen-bond donors (Lipinski definition) is 2. The molecule has 0 fully saturated rings. The summed E-state index contributed by atoms with van der Waals surface area (Å²) in [4.78, 5) is 16.2. The smallest absolute Gasteiger partial charge is 0.253 e. The first kappa shape index (κ1) is 17.8. The van der Waals surface area contributed by atoms with Crippen molar-refractivity contribution in [2.24, 2.45) is 0 Å². The van der Waals surface area contributed by atoms with Crippen LogP contribution in [0.25, 0.3) is 0 Å². The van der Waals surface area contributed by atoms with Crippen LogP contribution in [-0.2, 0) is 6.54 Å². The fourth-order valence-corrected chi connectivity index (χ4v) is 2.34. The highest BCUT2D eigenvalue weighted by molar-refractivity contribution is 6.30. The van der Waals surface area contributed by atoms with Crippen molar-refractivity contribution in [3.8, 4) is 0 Å². The number of amides is 1. The highest BCUT2D eigenvalue weighted by Gasteiger charge is 2.08. The Morgan fingerprint density at radius 1 is 1.04 bits per heavy atom. The van der Waals surface area contributed by atoms with Gasteiger partial charge in [0.15, 0.2) is 0 Å². The second kappa shape index (κ2) is 7.93. The number of carbonyl (C=O) groups excluding carboxylic acids is 1. The molecule has 4 nitrogen and oxygen atoms in total. The predicted octanol–water partition coefficient (Wildman–Crippen LogP) is 4.69. The maximum Gasteiger partial charge on any atom is 0.253 e. The van der Waals surface area contributed by atoms with Gasteiger partial charge in [0.2, 0.25) is 0 Å². The van der Waals surface area contributed by atoms with Crippen molar-refractivity contribution in [1.29, 1.82) is 0 Å². The number of rotatable bonds is 5. The molecular weight excluding hydrogens is 360 g/mol. The number of halogens is 3. The third kappa shape index (κ3) is 4.55. The zero-order valence-electron chi connectivity index (χ0n) is 13.5. The first-order valence-corrected chi connectivity index (χ1v) is 8.10. The van der Waals surface area contributed by atoms with E-state index in [4.69, 9.17) is 11.6 Å². The van der Waals surface area contributed by atoms with E-state index in [0.717, 1.165) is 17.7 Å². The third-order valence-corrected chi connectivity index (χ3v) is 3.84. The molecule has 2 aromatic carbocycles. The predicted molar refractivity (Wildman–Crippen MR) is 96.5 cm³/mol. The maximum atomic E-state index is 13.6. The summed E-state index contributed by atoms with van der Waals surface area (Å²) in [5, 5.41) is 6.14. The standard InChI is InChI=1S/C19H14ClF2N3O/c20-14-4-1-12(2-5-14)10-24-19(26)13-3-8-18(23-11-13)25-17-7-6-15(21)9-16(17)22/h1-9,11H,10H2,(H,23,25)(H,24,26). The molecule has 1 heterocycles.